The van der Waals surface area contributed by atoms with Gasteiger partial charge >= 0.3 is 5.97 Å². The minimum absolute atomic E-state index is 0.00467. The quantitative estimate of drug-likeness (QED) is 0.443. The lowest BCUT2D eigenvalue weighted by molar-refractivity contribution is -0.153. The monoisotopic (exact) mass is 420 g/mol. The Bertz CT molecular complexity index is 1210. The minimum Gasteiger partial charge on any atom is -0.441 e. The molecule has 0 spiro atoms. The molecule has 2 heterocycles. The van der Waals surface area contributed by atoms with Gasteiger partial charge in [0.1, 0.15) is 11.6 Å². The van der Waals surface area contributed by atoms with E-state index in [1.807, 2.05) is 13.8 Å². The largest absolute Gasteiger partial charge is 0.441 e. The van der Waals surface area contributed by atoms with Crippen LogP contribution in [0.25, 0.3) is 10.9 Å². The number of hydrogen-bond donors (Lipinski definition) is 0. The highest BCUT2D eigenvalue weighted by Crippen LogP contribution is 2.27. The first-order chi connectivity index (χ1) is 14.9. The number of benzene rings is 2. The zero-order valence-electron chi connectivity index (χ0n) is 17.0. The van der Waals surface area contributed by atoms with Gasteiger partial charge in [-0.1, -0.05) is 43.3 Å². The predicted octanol–water partition coefficient (Wildman–Crippen LogP) is 2.00. The molecule has 0 aliphatic carbocycles. The Balaban J connectivity index is 1.58. The molecule has 0 N–H and O–H groups in total. The zero-order valence-corrected chi connectivity index (χ0v) is 17.0. The van der Waals surface area contributed by atoms with E-state index in [9.17, 15) is 19.2 Å². The van der Waals surface area contributed by atoms with Crippen LogP contribution in [0.1, 0.15) is 41.0 Å². The van der Waals surface area contributed by atoms with E-state index in [1.165, 1.54) is 0 Å². The number of hydrogen-bond acceptors (Lipinski definition) is 7. The summed E-state index contributed by atoms with van der Waals surface area (Å²) >= 11 is 0. The number of carbonyl (C=O) groups is 3. The molecule has 1 atom stereocenters. The fourth-order valence-corrected chi connectivity index (χ4v) is 3.57. The van der Waals surface area contributed by atoms with Crippen LogP contribution in [0.15, 0.2) is 53.3 Å². The Hall–Kier alpha value is -3.88. The summed E-state index contributed by atoms with van der Waals surface area (Å²) in [4.78, 5) is 52.1. The van der Waals surface area contributed by atoms with Gasteiger partial charge in [0.15, 0.2) is 6.73 Å². The summed E-state index contributed by atoms with van der Waals surface area (Å²) in [5.41, 5.74) is 0.481. The molecule has 2 amide bonds. The summed E-state index contributed by atoms with van der Waals surface area (Å²) in [5.74, 6) is -1.85. The lowest BCUT2D eigenvalue weighted by Gasteiger charge is -2.25. The Morgan fingerprint density at radius 2 is 1.58 bits per heavy atom. The summed E-state index contributed by atoms with van der Waals surface area (Å²) < 4.78 is 6.23. The smallest absolute Gasteiger partial charge is 0.331 e. The standard InChI is InChI=1S/C22H20N4O5/c1-13(2)11-18(26-20(28)14-7-3-4-8-15(14)21(26)29)22(30)31-12-25-19(27)16-9-5-6-10-17(16)23-24-25/h3-10,13,18H,11-12H2,1-2H3. The van der Waals surface area contributed by atoms with Crippen molar-refractivity contribution in [3.8, 4) is 0 Å². The maximum Gasteiger partial charge on any atom is 0.331 e. The van der Waals surface area contributed by atoms with Crippen LogP contribution in [0, 0.1) is 5.92 Å². The molecule has 31 heavy (non-hydrogen) atoms. The molecular weight excluding hydrogens is 400 g/mol. The van der Waals surface area contributed by atoms with Gasteiger partial charge in [0.25, 0.3) is 17.4 Å². The fraction of sp³-hybridized carbons (Fsp3) is 0.273. The van der Waals surface area contributed by atoms with Gasteiger partial charge < -0.3 is 4.74 Å². The summed E-state index contributed by atoms with van der Waals surface area (Å²) in [5, 5.41) is 8.07. The van der Waals surface area contributed by atoms with Gasteiger partial charge in [-0.05, 0) is 36.6 Å². The van der Waals surface area contributed by atoms with Crippen molar-refractivity contribution in [3.05, 3.63) is 70.0 Å². The van der Waals surface area contributed by atoms with Gasteiger partial charge in [-0.3, -0.25) is 19.3 Å². The van der Waals surface area contributed by atoms with Crippen LogP contribution in [-0.2, 0) is 16.3 Å². The zero-order chi connectivity index (χ0) is 22.1. The molecule has 9 heteroatoms. The molecule has 0 saturated carbocycles. The third-order valence-corrected chi connectivity index (χ3v) is 5.06. The van der Waals surface area contributed by atoms with Crippen molar-refractivity contribution in [2.75, 3.05) is 0 Å². The number of carbonyl (C=O) groups excluding carboxylic acids is 3. The van der Waals surface area contributed by atoms with Crippen LogP contribution in [0.5, 0.6) is 0 Å². The Morgan fingerprint density at radius 1 is 0.968 bits per heavy atom. The molecule has 0 fully saturated rings. The normalized spacial score (nSPS) is 14.2. The molecule has 1 aromatic heterocycles. The van der Waals surface area contributed by atoms with E-state index in [0.717, 1.165) is 9.58 Å². The van der Waals surface area contributed by atoms with E-state index in [1.54, 1.807) is 48.5 Å². The summed E-state index contributed by atoms with van der Waals surface area (Å²) in [6, 6.07) is 12.0. The Kier molecular flexibility index (Phi) is 5.33. The lowest BCUT2D eigenvalue weighted by Crippen LogP contribution is -2.46. The van der Waals surface area contributed by atoms with Gasteiger partial charge in [0, 0.05) is 0 Å². The average molecular weight is 420 g/mol. The third kappa shape index (κ3) is 3.70. The van der Waals surface area contributed by atoms with Gasteiger partial charge in [0.05, 0.1) is 16.5 Å². The number of nitrogens with zero attached hydrogens (tertiary/aromatic N) is 4. The third-order valence-electron chi connectivity index (χ3n) is 5.06. The van der Waals surface area contributed by atoms with Crippen molar-refractivity contribution in [3.63, 3.8) is 0 Å². The molecule has 0 bridgehead atoms. The van der Waals surface area contributed by atoms with Crippen LogP contribution >= 0.6 is 0 Å². The number of rotatable bonds is 6. The van der Waals surface area contributed by atoms with Crippen molar-refractivity contribution in [2.24, 2.45) is 5.92 Å². The van der Waals surface area contributed by atoms with Crippen LogP contribution in [0.2, 0.25) is 0 Å². The molecule has 1 unspecified atom stereocenters. The molecule has 0 saturated heterocycles. The van der Waals surface area contributed by atoms with Crippen molar-refractivity contribution in [2.45, 2.75) is 33.0 Å². The van der Waals surface area contributed by atoms with Gasteiger partial charge in [0.2, 0.25) is 0 Å². The van der Waals surface area contributed by atoms with Gasteiger partial charge in [-0.15, -0.1) is 5.10 Å². The highest BCUT2D eigenvalue weighted by atomic mass is 16.5. The number of esters is 1. The second kappa shape index (κ2) is 8.10. The van der Waals surface area contributed by atoms with E-state index in [-0.39, 0.29) is 23.5 Å². The molecule has 2 aromatic carbocycles. The summed E-state index contributed by atoms with van der Waals surface area (Å²) in [7, 11) is 0. The first-order valence-electron chi connectivity index (χ1n) is 9.84. The second-order valence-corrected chi connectivity index (χ2v) is 7.67. The fourth-order valence-electron chi connectivity index (χ4n) is 3.57. The van der Waals surface area contributed by atoms with E-state index >= 15 is 0 Å². The van der Waals surface area contributed by atoms with Crippen molar-refractivity contribution >= 4 is 28.7 Å². The number of imide groups is 1. The number of ether oxygens (including phenoxy) is 1. The van der Waals surface area contributed by atoms with E-state index < -0.39 is 36.1 Å². The Labute approximate surface area is 177 Å². The van der Waals surface area contributed by atoms with Crippen molar-refractivity contribution in [1.82, 2.24) is 19.9 Å². The predicted molar refractivity (Wildman–Crippen MR) is 110 cm³/mol. The Morgan fingerprint density at radius 3 is 2.23 bits per heavy atom. The maximum absolute atomic E-state index is 12.9. The topological polar surface area (TPSA) is 111 Å². The summed E-state index contributed by atoms with van der Waals surface area (Å²) in [6.45, 7) is 3.27. The maximum atomic E-state index is 12.9. The minimum atomic E-state index is -1.11. The SMILES string of the molecule is CC(C)CC(C(=O)OCn1nnc2ccccc2c1=O)N1C(=O)c2ccccc2C1=O. The van der Waals surface area contributed by atoms with E-state index in [2.05, 4.69) is 10.3 Å². The molecule has 158 valence electrons. The summed E-state index contributed by atoms with van der Waals surface area (Å²) in [6.07, 6.45) is 0.225. The molecular formula is C22H20N4O5. The first-order valence-corrected chi connectivity index (χ1v) is 9.84. The number of amides is 2. The van der Waals surface area contributed by atoms with E-state index in [4.69, 9.17) is 4.74 Å². The molecule has 1 aliphatic heterocycles. The van der Waals surface area contributed by atoms with Crippen LogP contribution in [0.3, 0.4) is 0 Å². The highest BCUT2D eigenvalue weighted by molar-refractivity contribution is 6.22. The molecule has 1 aliphatic rings. The van der Waals surface area contributed by atoms with Crippen molar-refractivity contribution < 1.29 is 19.1 Å². The number of fused-ring (bicyclic) bond motifs is 2. The van der Waals surface area contributed by atoms with Gasteiger partial charge in [-0.25, -0.2) is 4.79 Å². The average Bonchev–Trinajstić information content (AvgIpc) is 3.02. The molecule has 0 radical (unpaired) electrons. The molecule has 9 nitrogen and oxygen atoms in total. The van der Waals surface area contributed by atoms with Crippen molar-refractivity contribution in [1.29, 1.82) is 0 Å². The lowest BCUT2D eigenvalue weighted by atomic mass is 10.0. The molecule has 4 rings (SSSR count). The van der Waals surface area contributed by atoms with E-state index in [0.29, 0.717) is 10.9 Å². The highest BCUT2D eigenvalue weighted by Gasteiger charge is 2.43. The number of aromatic nitrogens is 3. The van der Waals surface area contributed by atoms with Crippen LogP contribution in [0.4, 0.5) is 0 Å². The van der Waals surface area contributed by atoms with Crippen LogP contribution < -0.4 is 5.56 Å². The first kappa shape index (κ1) is 20.4. The second-order valence-electron chi connectivity index (χ2n) is 7.67. The van der Waals surface area contributed by atoms with Crippen LogP contribution in [-0.4, -0.2) is 43.7 Å². The van der Waals surface area contributed by atoms with Gasteiger partial charge in [-0.2, -0.15) is 4.68 Å². The molecule has 3 aromatic rings.